The number of benzene rings is 1. The second-order valence-electron chi connectivity index (χ2n) is 9.41. The molecule has 1 fully saturated rings. The minimum Gasteiger partial charge on any atom is -0.444 e. The third kappa shape index (κ3) is 5.31. The highest BCUT2D eigenvalue weighted by Crippen LogP contribution is 2.34. The molecule has 1 amide bonds. The monoisotopic (exact) mass is 502 g/mol. The zero-order valence-corrected chi connectivity index (χ0v) is 21.1. The van der Waals surface area contributed by atoms with E-state index in [9.17, 15) is 13.2 Å². The van der Waals surface area contributed by atoms with Gasteiger partial charge in [-0.1, -0.05) is 6.92 Å². The lowest BCUT2D eigenvalue weighted by atomic mass is 10.1. The Morgan fingerprint density at radius 2 is 1.91 bits per heavy atom. The molecule has 0 unspecified atom stereocenters. The first kappa shape index (κ1) is 24.7. The summed E-state index contributed by atoms with van der Waals surface area (Å²) in [5.74, 6) is 0.540. The molecule has 0 saturated carbocycles. The Labute approximate surface area is 204 Å². The molecule has 1 aromatic carbocycles. The summed E-state index contributed by atoms with van der Waals surface area (Å²) in [6.07, 6.45) is 4.12. The predicted molar refractivity (Wildman–Crippen MR) is 130 cm³/mol. The van der Waals surface area contributed by atoms with Gasteiger partial charge in [-0.15, -0.1) is 0 Å². The van der Waals surface area contributed by atoms with E-state index in [4.69, 9.17) is 15.2 Å². The minimum absolute atomic E-state index is 0.0188. The van der Waals surface area contributed by atoms with E-state index in [1.165, 1.54) is 24.5 Å². The molecule has 0 radical (unpaired) electrons. The number of hydrogen-bond donors (Lipinski definition) is 1. The number of ether oxygens (including phenoxy) is 2. The summed E-state index contributed by atoms with van der Waals surface area (Å²) in [6.45, 7) is 8.23. The Balaban J connectivity index is 1.51. The Hall–Kier alpha value is -3.41. The summed E-state index contributed by atoms with van der Waals surface area (Å²) < 4.78 is 37.5. The van der Waals surface area contributed by atoms with E-state index >= 15 is 0 Å². The highest BCUT2D eigenvalue weighted by atomic mass is 32.2. The van der Waals surface area contributed by atoms with Crippen LogP contribution >= 0.6 is 0 Å². The maximum Gasteiger partial charge on any atom is 0.410 e. The van der Waals surface area contributed by atoms with Crippen molar-refractivity contribution in [1.82, 2.24) is 24.6 Å². The van der Waals surface area contributed by atoms with Crippen molar-refractivity contribution in [3.05, 3.63) is 30.7 Å². The molecule has 0 bridgehead atoms. The number of nitrogens with zero attached hydrogens (tertiary/aromatic N) is 5. The average Bonchev–Trinajstić information content (AvgIpc) is 3.24. The van der Waals surface area contributed by atoms with Crippen molar-refractivity contribution in [3.8, 4) is 11.6 Å². The lowest BCUT2D eigenvalue weighted by Gasteiger charge is -2.33. The predicted octanol–water partition coefficient (Wildman–Crippen LogP) is 3.57. The van der Waals surface area contributed by atoms with Crippen molar-refractivity contribution in [1.29, 1.82) is 0 Å². The second-order valence-corrected chi connectivity index (χ2v) is 11.7. The van der Waals surface area contributed by atoms with Gasteiger partial charge in [0.15, 0.2) is 21.2 Å². The van der Waals surface area contributed by atoms with E-state index in [2.05, 4.69) is 15.1 Å². The zero-order chi connectivity index (χ0) is 25.4. The molecular weight excluding hydrogens is 472 g/mol. The van der Waals surface area contributed by atoms with Crippen molar-refractivity contribution in [2.75, 3.05) is 24.6 Å². The van der Waals surface area contributed by atoms with Gasteiger partial charge in [-0.2, -0.15) is 5.10 Å². The minimum atomic E-state index is -3.38. The fraction of sp³-hybridized carbons (Fsp3) is 0.478. The molecule has 2 N–H and O–H groups in total. The lowest BCUT2D eigenvalue weighted by molar-refractivity contribution is 0.0186. The van der Waals surface area contributed by atoms with E-state index in [-0.39, 0.29) is 34.4 Å². The number of nitrogens with two attached hydrogens (primary N) is 1. The van der Waals surface area contributed by atoms with Gasteiger partial charge in [0.2, 0.25) is 5.88 Å². The van der Waals surface area contributed by atoms with Gasteiger partial charge in [0, 0.05) is 13.1 Å². The maximum atomic E-state index is 12.4. The molecule has 0 aliphatic carbocycles. The van der Waals surface area contributed by atoms with E-state index in [0.29, 0.717) is 42.7 Å². The summed E-state index contributed by atoms with van der Waals surface area (Å²) in [5, 5.41) is 5.12. The van der Waals surface area contributed by atoms with Crippen LogP contribution < -0.4 is 10.5 Å². The van der Waals surface area contributed by atoms with Crippen molar-refractivity contribution in [3.63, 3.8) is 0 Å². The van der Waals surface area contributed by atoms with E-state index < -0.39 is 15.4 Å². The topological polar surface area (TPSA) is 143 Å². The SMILES string of the molecule is CCS(=O)(=O)c1ccc(Oc2ncnc3c2cnn3C2CCN(C(=O)OC(C)(C)C)CC2)c(N)c1. The molecule has 1 saturated heterocycles. The zero-order valence-electron chi connectivity index (χ0n) is 20.3. The first-order valence-corrected chi connectivity index (χ1v) is 13.1. The van der Waals surface area contributed by atoms with Gasteiger partial charge in [-0.3, -0.25) is 0 Å². The van der Waals surface area contributed by atoms with Crippen LogP contribution in [0.25, 0.3) is 11.0 Å². The van der Waals surface area contributed by atoms with Crippen LogP contribution in [-0.4, -0.2) is 63.6 Å². The lowest BCUT2D eigenvalue weighted by Crippen LogP contribution is -2.42. The number of carbonyl (C=O) groups is 1. The van der Waals surface area contributed by atoms with E-state index in [0.717, 1.165) is 0 Å². The van der Waals surface area contributed by atoms with Crippen molar-refractivity contribution in [2.24, 2.45) is 0 Å². The number of sulfone groups is 1. The maximum absolute atomic E-state index is 12.4. The molecule has 12 heteroatoms. The third-order valence-corrected chi connectivity index (χ3v) is 7.48. The molecule has 35 heavy (non-hydrogen) atoms. The molecule has 3 aromatic rings. The standard InChI is InChI=1S/C23H30N6O5S/c1-5-35(31,32)16-6-7-19(18(24)12-16)33-21-17-13-27-29(20(17)25-14-26-21)15-8-10-28(11-9-15)22(30)34-23(2,3)4/h6-7,12-15H,5,8-11,24H2,1-4H3. The first-order valence-electron chi connectivity index (χ1n) is 11.4. The van der Waals surface area contributed by atoms with Gasteiger partial charge in [0.1, 0.15) is 17.3 Å². The third-order valence-electron chi connectivity index (χ3n) is 5.74. The number of amides is 1. The molecule has 188 valence electrons. The van der Waals surface area contributed by atoms with Crippen molar-refractivity contribution in [2.45, 2.75) is 57.1 Å². The Bertz CT molecular complexity index is 1340. The van der Waals surface area contributed by atoms with Crippen molar-refractivity contribution >= 4 is 32.7 Å². The summed E-state index contributed by atoms with van der Waals surface area (Å²) in [7, 11) is -3.38. The smallest absolute Gasteiger partial charge is 0.410 e. The summed E-state index contributed by atoms with van der Waals surface area (Å²) in [6, 6.07) is 4.42. The van der Waals surface area contributed by atoms with Gasteiger partial charge in [0.25, 0.3) is 0 Å². The number of aromatic nitrogens is 4. The first-order chi connectivity index (χ1) is 16.5. The van der Waals surface area contributed by atoms with Crippen LogP contribution in [0.15, 0.2) is 35.6 Å². The number of anilines is 1. The highest BCUT2D eigenvalue weighted by Gasteiger charge is 2.29. The Morgan fingerprint density at radius 3 is 2.54 bits per heavy atom. The van der Waals surface area contributed by atoms with E-state index in [1.807, 2.05) is 25.5 Å². The molecule has 4 rings (SSSR count). The van der Waals surface area contributed by atoms with Crippen LogP contribution in [0.4, 0.5) is 10.5 Å². The van der Waals surface area contributed by atoms with Gasteiger partial charge < -0.3 is 20.1 Å². The second kappa shape index (κ2) is 9.33. The number of carbonyl (C=O) groups excluding carboxylic acids is 1. The normalized spacial score (nSPS) is 15.4. The molecule has 0 spiro atoms. The molecule has 0 atom stereocenters. The summed E-state index contributed by atoms with van der Waals surface area (Å²) in [4.78, 5) is 22.8. The Kier molecular flexibility index (Phi) is 6.58. The van der Waals surface area contributed by atoms with Gasteiger partial charge in [-0.25, -0.2) is 27.9 Å². The van der Waals surface area contributed by atoms with Crippen LogP contribution in [0.2, 0.25) is 0 Å². The molecule has 3 heterocycles. The van der Waals surface area contributed by atoms with Crippen LogP contribution in [0.1, 0.15) is 46.6 Å². The number of nitrogen functional groups attached to an aromatic ring is 1. The van der Waals surface area contributed by atoms with Crippen LogP contribution in [0.3, 0.4) is 0 Å². The van der Waals surface area contributed by atoms with Gasteiger partial charge in [0.05, 0.1) is 28.6 Å². The van der Waals surface area contributed by atoms with Gasteiger partial charge >= 0.3 is 6.09 Å². The molecule has 2 aromatic heterocycles. The Morgan fingerprint density at radius 1 is 1.20 bits per heavy atom. The molecule has 1 aliphatic heterocycles. The highest BCUT2D eigenvalue weighted by molar-refractivity contribution is 7.91. The fourth-order valence-electron chi connectivity index (χ4n) is 3.89. The largest absolute Gasteiger partial charge is 0.444 e. The number of fused-ring (bicyclic) bond motifs is 1. The summed E-state index contributed by atoms with van der Waals surface area (Å²) >= 11 is 0. The quantitative estimate of drug-likeness (QED) is 0.518. The van der Waals surface area contributed by atoms with Crippen LogP contribution in [0, 0.1) is 0 Å². The van der Waals surface area contributed by atoms with E-state index in [1.54, 1.807) is 18.0 Å². The fourth-order valence-corrected chi connectivity index (χ4v) is 4.81. The number of piperidine rings is 1. The van der Waals surface area contributed by atoms with Gasteiger partial charge in [-0.05, 0) is 51.8 Å². The number of hydrogen-bond acceptors (Lipinski definition) is 9. The van der Waals surface area contributed by atoms with Crippen LogP contribution in [-0.2, 0) is 14.6 Å². The average molecular weight is 503 g/mol. The molecular formula is C23H30N6O5S. The van der Waals surface area contributed by atoms with Crippen LogP contribution in [0.5, 0.6) is 11.6 Å². The number of rotatable bonds is 5. The molecule has 1 aliphatic rings. The number of likely N-dealkylation sites (tertiary alicyclic amines) is 1. The summed E-state index contributed by atoms with van der Waals surface area (Å²) in [5.41, 5.74) is 6.33. The van der Waals surface area contributed by atoms with Crippen molar-refractivity contribution < 1.29 is 22.7 Å². The molecule has 11 nitrogen and oxygen atoms in total.